The molecule has 2 N–H and O–H groups in total. The molecule has 0 radical (unpaired) electrons. The first-order valence-electron chi connectivity index (χ1n) is 14.5. The van der Waals surface area contributed by atoms with Gasteiger partial charge in [-0.25, -0.2) is 4.98 Å². The second kappa shape index (κ2) is 17.3. The Morgan fingerprint density at radius 3 is 2.16 bits per heavy atom. The topological polar surface area (TPSA) is 89.0 Å². The number of alkyl halides is 6. The number of carbonyl (C=O) groups is 2. The van der Waals surface area contributed by atoms with Crippen LogP contribution < -0.4 is 10.2 Å². The van der Waals surface area contributed by atoms with Crippen LogP contribution in [-0.4, -0.2) is 83.3 Å². The summed E-state index contributed by atoms with van der Waals surface area (Å²) in [4.78, 5) is 33.4. The van der Waals surface area contributed by atoms with Crippen molar-refractivity contribution in [3.05, 3.63) is 76.4 Å². The molecule has 0 aliphatic carbocycles. The van der Waals surface area contributed by atoms with Gasteiger partial charge in [0.2, 0.25) is 0 Å². The summed E-state index contributed by atoms with van der Waals surface area (Å²) in [7, 11) is 0. The number of hydrogen-bond acceptors (Lipinski definition) is 6. The Kier molecular flexibility index (Phi) is 14.9. The highest BCUT2D eigenvalue weighted by molar-refractivity contribution is 6.31. The number of carboxylic acid groups (broad SMARTS) is 1. The highest BCUT2D eigenvalue weighted by Gasteiger charge is 2.46. The Hall–Kier alpha value is -3.01. The number of aromatic nitrogens is 1. The minimum atomic E-state index is -4.75. The summed E-state index contributed by atoms with van der Waals surface area (Å²) in [6, 6.07) is 9.65. The Morgan fingerprint density at radius 1 is 0.918 bits per heavy atom. The number of hydrogen-bond donors (Lipinski definition) is 2. The van der Waals surface area contributed by atoms with E-state index in [0.29, 0.717) is 32.6 Å². The van der Waals surface area contributed by atoms with Crippen molar-refractivity contribution in [2.45, 2.75) is 37.8 Å². The fourth-order valence-electron chi connectivity index (χ4n) is 5.84. The number of benzene rings is 2. The van der Waals surface area contributed by atoms with Gasteiger partial charge in [0.1, 0.15) is 11.9 Å². The van der Waals surface area contributed by atoms with Crippen LogP contribution in [0.1, 0.15) is 34.3 Å². The van der Waals surface area contributed by atoms with Gasteiger partial charge in [0.25, 0.3) is 5.91 Å². The largest absolute Gasteiger partial charge is 0.480 e. The molecule has 1 amide bonds. The second-order valence-electron chi connectivity index (χ2n) is 11.2. The number of aliphatic carboxylic acids is 1. The number of amides is 1. The zero-order valence-electron chi connectivity index (χ0n) is 25.6. The number of nitrogens with one attached hydrogen (secondary N) is 1. The van der Waals surface area contributed by atoms with Gasteiger partial charge in [-0.05, 0) is 73.0 Å². The Labute approximate surface area is 302 Å². The maximum absolute atomic E-state index is 13.7. The summed E-state index contributed by atoms with van der Waals surface area (Å²) in [5.74, 6) is -1.40. The number of rotatable bonds is 8. The molecular formula is C31H33Cl4F6N5O3. The van der Waals surface area contributed by atoms with E-state index in [-0.39, 0.29) is 91.3 Å². The number of halogens is 10. The molecule has 5 rings (SSSR count). The third-order valence-electron chi connectivity index (χ3n) is 8.15. The number of piperazine rings is 1. The van der Waals surface area contributed by atoms with Crippen molar-refractivity contribution < 1.29 is 41.0 Å². The Bertz CT molecular complexity index is 1590. The lowest BCUT2D eigenvalue weighted by atomic mass is 9.99. The summed E-state index contributed by atoms with van der Waals surface area (Å²) in [5, 5.41) is 11.1. The van der Waals surface area contributed by atoms with Crippen LogP contribution in [0.3, 0.4) is 0 Å². The number of likely N-dealkylation sites (tertiary alicyclic amines) is 1. The summed E-state index contributed by atoms with van der Waals surface area (Å²) in [5.41, 5.74) is 0.552. The van der Waals surface area contributed by atoms with Crippen LogP contribution in [0.25, 0.3) is 11.1 Å². The first-order valence-corrected chi connectivity index (χ1v) is 14.8. The van der Waals surface area contributed by atoms with Gasteiger partial charge in [-0.1, -0.05) is 17.7 Å². The van der Waals surface area contributed by atoms with Crippen LogP contribution in [0, 0.1) is 0 Å². The average molecular weight is 779 g/mol. The van der Waals surface area contributed by atoms with Gasteiger partial charge < -0.3 is 15.3 Å². The van der Waals surface area contributed by atoms with Gasteiger partial charge in [-0.15, -0.1) is 37.2 Å². The maximum Gasteiger partial charge on any atom is 0.417 e. The fraction of sp³-hybridized carbons (Fsp3) is 0.387. The van der Waals surface area contributed by atoms with Crippen LogP contribution in [0.2, 0.25) is 5.02 Å². The molecule has 0 unspecified atom stereocenters. The molecule has 8 nitrogen and oxygen atoms in total. The minimum Gasteiger partial charge on any atom is -0.480 e. The van der Waals surface area contributed by atoms with Gasteiger partial charge in [0.05, 0.1) is 17.1 Å². The molecule has 2 aliphatic heterocycles. The molecule has 2 aromatic carbocycles. The molecule has 0 bridgehead atoms. The summed E-state index contributed by atoms with van der Waals surface area (Å²) >= 11 is 5.79. The van der Waals surface area contributed by atoms with Crippen molar-refractivity contribution in [2.24, 2.45) is 0 Å². The van der Waals surface area contributed by atoms with Gasteiger partial charge in [0, 0.05) is 55.7 Å². The Morgan fingerprint density at radius 2 is 1.57 bits per heavy atom. The molecule has 49 heavy (non-hydrogen) atoms. The van der Waals surface area contributed by atoms with E-state index in [9.17, 15) is 35.9 Å². The zero-order valence-corrected chi connectivity index (χ0v) is 28.8. The van der Waals surface area contributed by atoms with Gasteiger partial charge in [-0.2, -0.15) is 26.3 Å². The van der Waals surface area contributed by atoms with Crippen molar-refractivity contribution >= 4 is 72.2 Å². The molecule has 270 valence electrons. The predicted octanol–water partition coefficient (Wildman–Crippen LogP) is 7.67. The van der Waals surface area contributed by atoms with Crippen LogP contribution in [0.4, 0.5) is 37.8 Å². The summed E-state index contributed by atoms with van der Waals surface area (Å²) in [6.45, 7) is 2.26. The average Bonchev–Trinajstić information content (AvgIpc) is 3.46. The van der Waals surface area contributed by atoms with Crippen LogP contribution >= 0.6 is 48.8 Å². The summed E-state index contributed by atoms with van der Waals surface area (Å²) in [6.07, 6.45) is -7.79. The number of nitrogens with zero attached hydrogens (tertiary/aromatic N) is 4. The fourth-order valence-corrected chi connectivity index (χ4v) is 6.06. The molecule has 3 aromatic rings. The molecule has 2 saturated heterocycles. The van der Waals surface area contributed by atoms with Crippen LogP contribution in [0.15, 0.2) is 54.7 Å². The Balaban J connectivity index is 0.00000278. The van der Waals surface area contributed by atoms with Crippen molar-refractivity contribution in [2.75, 3.05) is 49.5 Å². The molecule has 0 spiro atoms. The van der Waals surface area contributed by atoms with E-state index in [2.05, 4.69) is 15.2 Å². The lowest BCUT2D eigenvalue weighted by molar-refractivity contribution is -0.177. The quantitative estimate of drug-likeness (QED) is 0.227. The second-order valence-corrected chi connectivity index (χ2v) is 11.7. The molecule has 3 heterocycles. The zero-order chi connectivity index (χ0) is 33.2. The number of carbonyl (C=O) groups excluding carboxylic acids is 1. The lowest BCUT2D eigenvalue weighted by Crippen LogP contribution is -2.47. The maximum atomic E-state index is 13.7. The van der Waals surface area contributed by atoms with E-state index in [1.807, 2.05) is 4.90 Å². The number of anilines is 2. The van der Waals surface area contributed by atoms with Gasteiger partial charge in [0.15, 0.2) is 0 Å². The minimum absolute atomic E-state index is 0. The van der Waals surface area contributed by atoms with Crippen LogP contribution in [0.5, 0.6) is 0 Å². The molecular weight excluding hydrogens is 746 g/mol. The van der Waals surface area contributed by atoms with Crippen molar-refractivity contribution in [3.8, 4) is 11.1 Å². The highest BCUT2D eigenvalue weighted by Crippen LogP contribution is 2.39. The van der Waals surface area contributed by atoms with E-state index in [1.54, 1.807) is 24.3 Å². The molecule has 0 saturated carbocycles. The molecule has 2 aliphatic rings. The smallest absolute Gasteiger partial charge is 0.417 e. The van der Waals surface area contributed by atoms with E-state index >= 15 is 0 Å². The van der Waals surface area contributed by atoms with E-state index in [0.717, 1.165) is 17.8 Å². The van der Waals surface area contributed by atoms with Crippen molar-refractivity contribution in [3.63, 3.8) is 0 Å². The first-order chi connectivity index (χ1) is 21.7. The first kappa shape index (κ1) is 42.2. The normalized spacial score (nSPS) is 17.0. The van der Waals surface area contributed by atoms with E-state index in [4.69, 9.17) is 16.7 Å². The highest BCUT2D eigenvalue weighted by atomic mass is 35.5. The standard InChI is InChI=1S/C31H30ClF6N5O3.3ClH/c32-25-8-5-20(14-24(25)30(33,34)35)23-16-39-27(15-21(23)17-43-9-1-2-26(43)31(36,37)38)40-29(46)19-3-6-22(7-4-19)42-12-10-41(11-13-42)18-28(44)45;;;/h3-8,14-16,26H,1-2,9-13,17-18H2,(H,44,45)(H,39,40,46);3*1H/t26-;;;/m0.../s1. The number of pyridine rings is 1. The predicted molar refractivity (Wildman–Crippen MR) is 182 cm³/mol. The van der Waals surface area contributed by atoms with Crippen LogP contribution in [-0.2, 0) is 17.5 Å². The molecule has 1 aromatic heterocycles. The third kappa shape index (κ3) is 10.5. The van der Waals surface area contributed by atoms with Crippen molar-refractivity contribution in [1.82, 2.24) is 14.8 Å². The van der Waals surface area contributed by atoms with Gasteiger partial charge >= 0.3 is 18.3 Å². The molecule has 1 atom stereocenters. The SMILES string of the molecule is Cl.Cl.Cl.O=C(O)CN1CCN(c2ccc(C(=O)Nc3cc(CN4CCC[C@H]4C(F)(F)F)c(-c4ccc(Cl)c(C(F)(F)F)c4)cn3)cc2)CC1. The van der Waals surface area contributed by atoms with E-state index < -0.39 is 40.9 Å². The summed E-state index contributed by atoms with van der Waals surface area (Å²) < 4.78 is 82.0. The third-order valence-corrected chi connectivity index (χ3v) is 8.48. The molecule has 18 heteroatoms. The lowest BCUT2D eigenvalue weighted by Gasteiger charge is -2.35. The van der Waals surface area contributed by atoms with E-state index in [1.165, 1.54) is 23.2 Å². The molecule has 2 fully saturated rings. The van der Waals surface area contributed by atoms with Gasteiger partial charge in [-0.3, -0.25) is 19.4 Å². The monoisotopic (exact) mass is 777 g/mol. The van der Waals surface area contributed by atoms with Crippen molar-refractivity contribution in [1.29, 1.82) is 0 Å². The number of carboxylic acids is 1.